The van der Waals surface area contributed by atoms with Gasteiger partial charge in [-0.25, -0.2) is 4.98 Å². The third kappa shape index (κ3) is 10.1. The van der Waals surface area contributed by atoms with Crippen molar-refractivity contribution in [3.63, 3.8) is 0 Å². The van der Waals surface area contributed by atoms with Crippen molar-refractivity contribution in [2.75, 3.05) is 11.4 Å². The molecule has 0 radical (unpaired) electrons. The number of benzene rings is 4. The molecule has 0 saturated heterocycles. The van der Waals surface area contributed by atoms with E-state index in [2.05, 4.69) is 164 Å². The molecular formula is C46H55N3S. The summed E-state index contributed by atoms with van der Waals surface area (Å²) in [4.78, 5) is 8.48. The molecule has 0 bridgehead atoms. The van der Waals surface area contributed by atoms with Crippen LogP contribution >= 0.6 is 11.3 Å². The first-order valence-electron chi connectivity index (χ1n) is 16.5. The molecule has 50 heavy (non-hydrogen) atoms. The summed E-state index contributed by atoms with van der Waals surface area (Å²) in [7, 11) is 0. The number of thiophene rings is 1. The Morgan fingerprint density at radius 3 is 2.38 bits per heavy atom. The summed E-state index contributed by atoms with van der Waals surface area (Å²) in [6, 6.07) is 35.2. The summed E-state index contributed by atoms with van der Waals surface area (Å²) in [5.41, 5.74) is 9.69. The van der Waals surface area contributed by atoms with Gasteiger partial charge in [-0.1, -0.05) is 139 Å². The number of rotatable bonds is 13. The smallest absolute Gasteiger partial charge is 0.128 e. The van der Waals surface area contributed by atoms with Crippen LogP contribution in [-0.2, 0) is 13.1 Å². The van der Waals surface area contributed by atoms with Gasteiger partial charge in [0, 0.05) is 40.7 Å². The van der Waals surface area contributed by atoms with Crippen LogP contribution in [0.3, 0.4) is 0 Å². The largest absolute Gasteiger partial charge is 0.360 e. The van der Waals surface area contributed by atoms with Gasteiger partial charge in [0.05, 0.1) is 6.54 Å². The molecule has 3 nitrogen and oxygen atoms in total. The number of hydrogen-bond donors (Lipinski definition) is 0. The van der Waals surface area contributed by atoms with E-state index in [1.165, 1.54) is 54.8 Å². The van der Waals surface area contributed by atoms with Gasteiger partial charge in [0.1, 0.15) is 5.82 Å². The molecule has 0 aliphatic heterocycles. The monoisotopic (exact) mass is 681 g/mol. The average Bonchev–Trinajstić information content (AvgIpc) is 3.71. The van der Waals surface area contributed by atoms with E-state index in [4.69, 9.17) is 4.98 Å². The first kappa shape index (κ1) is 39.5. The summed E-state index contributed by atoms with van der Waals surface area (Å²) in [6.07, 6.45) is 15.0. The molecule has 260 valence electrons. The Morgan fingerprint density at radius 2 is 1.64 bits per heavy atom. The fraction of sp³-hybridized carbons (Fsp3) is 0.239. The van der Waals surface area contributed by atoms with Crippen LogP contribution in [0.1, 0.15) is 75.7 Å². The second-order valence-electron chi connectivity index (χ2n) is 12.3. The molecule has 0 N–H and O–H groups in total. The second kappa shape index (κ2) is 18.7. The van der Waals surface area contributed by atoms with E-state index in [1.807, 2.05) is 17.5 Å². The molecule has 2 heterocycles. The van der Waals surface area contributed by atoms with Crippen LogP contribution in [0.15, 0.2) is 134 Å². The van der Waals surface area contributed by atoms with Crippen LogP contribution < -0.4 is 4.90 Å². The van der Waals surface area contributed by atoms with Crippen LogP contribution in [-0.4, -0.2) is 16.1 Å². The van der Waals surface area contributed by atoms with Crippen LogP contribution in [0.2, 0.25) is 0 Å². The highest BCUT2D eigenvalue weighted by molar-refractivity contribution is 7.22. The number of unbranched alkanes of at least 4 members (excludes halogenated alkanes) is 1. The van der Waals surface area contributed by atoms with Gasteiger partial charge in [0.15, 0.2) is 0 Å². The molecular weight excluding hydrogens is 627 g/mol. The maximum Gasteiger partial charge on any atom is 0.128 e. The van der Waals surface area contributed by atoms with Crippen molar-refractivity contribution >= 4 is 39.3 Å². The van der Waals surface area contributed by atoms with Crippen molar-refractivity contribution < 1.29 is 0 Å². The third-order valence-electron chi connectivity index (χ3n) is 8.51. The molecule has 4 aromatic carbocycles. The van der Waals surface area contributed by atoms with Gasteiger partial charge in [-0.05, 0) is 88.9 Å². The van der Waals surface area contributed by atoms with E-state index < -0.39 is 0 Å². The molecule has 6 rings (SSSR count). The topological polar surface area (TPSA) is 21.1 Å². The summed E-state index contributed by atoms with van der Waals surface area (Å²) in [5.74, 6) is 1.02. The van der Waals surface area contributed by atoms with Gasteiger partial charge in [0.2, 0.25) is 0 Å². The molecule has 0 spiro atoms. The SMILES string of the molecule is C.C.C.C=C(/C=C\c1ccccc1C)CN(Cc1nccn1Cc1ccc(C=CCCC)cc1)c1ccc(-c2cc3ccc(C)cc3s2)cc1. The summed E-state index contributed by atoms with van der Waals surface area (Å²) in [5, 5.41) is 1.30. The van der Waals surface area contributed by atoms with E-state index >= 15 is 0 Å². The molecule has 0 fully saturated rings. The first-order chi connectivity index (χ1) is 22.9. The minimum absolute atomic E-state index is 0. The van der Waals surface area contributed by atoms with Crippen molar-refractivity contribution in [2.45, 2.75) is 69.0 Å². The Bertz CT molecular complexity index is 2010. The lowest BCUT2D eigenvalue weighted by Gasteiger charge is -2.25. The molecule has 2 aromatic heterocycles. The van der Waals surface area contributed by atoms with Gasteiger partial charge in [-0.15, -0.1) is 11.3 Å². The van der Waals surface area contributed by atoms with Crippen molar-refractivity contribution in [2.24, 2.45) is 0 Å². The van der Waals surface area contributed by atoms with Crippen molar-refractivity contribution in [3.05, 3.63) is 167 Å². The van der Waals surface area contributed by atoms with E-state index in [1.54, 1.807) is 0 Å². The molecule has 0 saturated carbocycles. The maximum atomic E-state index is 4.82. The number of aryl methyl sites for hydroxylation is 2. The lowest BCUT2D eigenvalue weighted by molar-refractivity contribution is 0.695. The molecule has 0 aliphatic carbocycles. The van der Waals surface area contributed by atoms with Crippen molar-refractivity contribution in [3.8, 4) is 10.4 Å². The van der Waals surface area contributed by atoms with Gasteiger partial charge >= 0.3 is 0 Å². The second-order valence-corrected chi connectivity index (χ2v) is 13.4. The number of imidazole rings is 1. The fourth-order valence-electron chi connectivity index (χ4n) is 5.76. The summed E-state index contributed by atoms with van der Waals surface area (Å²) >= 11 is 1.85. The van der Waals surface area contributed by atoms with Crippen LogP contribution in [0.4, 0.5) is 5.69 Å². The summed E-state index contributed by atoms with van der Waals surface area (Å²) in [6.45, 7) is 13.1. The Kier molecular flexibility index (Phi) is 14.8. The molecule has 0 atom stereocenters. The normalized spacial score (nSPS) is 10.9. The first-order valence-corrected chi connectivity index (χ1v) is 17.3. The van der Waals surface area contributed by atoms with Gasteiger partial charge in [-0.3, -0.25) is 0 Å². The Balaban J connectivity index is 0.00000225. The van der Waals surface area contributed by atoms with Gasteiger partial charge in [-0.2, -0.15) is 0 Å². The van der Waals surface area contributed by atoms with Crippen molar-refractivity contribution in [1.82, 2.24) is 9.55 Å². The number of nitrogens with zero attached hydrogens (tertiary/aromatic N) is 3. The fourth-order valence-corrected chi connectivity index (χ4v) is 6.92. The highest BCUT2D eigenvalue weighted by Crippen LogP contribution is 2.35. The third-order valence-corrected chi connectivity index (χ3v) is 9.65. The predicted molar refractivity (Wildman–Crippen MR) is 224 cm³/mol. The molecule has 0 unspecified atom stereocenters. The lowest BCUT2D eigenvalue weighted by atomic mass is 10.1. The highest BCUT2D eigenvalue weighted by atomic mass is 32.1. The van der Waals surface area contributed by atoms with E-state index in [-0.39, 0.29) is 22.3 Å². The van der Waals surface area contributed by atoms with Crippen LogP contribution in [0, 0.1) is 13.8 Å². The number of allylic oxidation sites excluding steroid dienone is 1. The number of fused-ring (bicyclic) bond motifs is 1. The lowest BCUT2D eigenvalue weighted by Crippen LogP contribution is -2.26. The van der Waals surface area contributed by atoms with Crippen LogP contribution in [0.25, 0.3) is 32.7 Å². The number of aromatic nitrogens is 2. The maximum absolute atomic E-state index is 4.82. The Hall–Kier alpha value is -4.93. The Labute approximate surface area is 306 Å². The molecule has 6 aromatic rings. The van der Waals surface area contributed by atoms with Gasteiger partial charge < -0.3 is 9.47 Å². The number of hydrogen-bond acceptors (Lipinski definition) is 3. The van der Waals surface area contributed by atoms with Gasteiger partial charge in [0.25, 0.3) is 0 Å². The van der Waals surface area contributed by atoms with Crippen molar-refractivity contribution in [1.29, 1.82) is 0 Å². The molecule has 4 heteroatoms. The zero-order valence-corrected chi connectivity index (χ0v) is 28.5. The molecule has 0 aliphatic rings. The zero-order valence-electron chi connectivity index (χ0n) is 27.7. The van der Waals surface area contributed by atoms with Crippen LogP contribution in [0.5, 0.6) is 0 Å². The number of anilines is 1. The zero-order chi connectivity index (χ0) is 32.6. The van der Waals surface area contributed by atoms with E-state index in [0.29, 0.717) is 13.1 Å². The minimum Gasteiger partial charge on any atom is -0.360 e. The van der Waals surface area contributed by atoms with E-state index in [9.17, 15) is 0 Å². The Morgan fingerprint density at radius 1 is 0.880 bits per heavy atom. The average molecular weight is 682 g/mol. The minimum atomic E-state index is 0. The highest BCUT2D eigenvalue weighted by Gasteiger charge is 2.14. The molecule has 0 amide bonds. The quantitative estimate of drug-likeness (QED) is 0.113. The summed E-state index contributed by atoms with van der Waals surface area (Å²) < 4.78 is 3.59. The predicted octanol–water partition coefficient (Wildman–Crippen LogP) is 13.4. The standard InChI is InChI=1S/C43H43N3S.3CH4/c1-5-6-7-11-35-15-17-36(18-16-35)30-45-26-25-44-43(45)31-46(29-33(3)14-19-37-12-9-8-10-34(37)4)40-23-21-38(22-24-40)42-28-39-20-13-32(2)27-41(39)47-42;;;/h7-28H,3,5-6,29-31H2,1-2,4H3;3*1H4/b11-7?,19-14-;;;. The van der Waals surface area contributed by atoms with E-state index in [0.717, 1.165) is 30.1 Å².